The number of aliphatic hydroxyl groups is 1. The first-order chi connectivity index (χ1) is 18.6. The molecular weight excluding hydrogens is 685 g/mol. The van der Waals surface area contributed by atoms with E-state index < -0.39 is 0 Å². The smallest absolute Gasteiger partial charge is 0.164 e. The first kappa shape index (κ1) is 36.7. The molecule has 0 fully saturated rings. The Labute approximate surface area is 262 Å². The van der Waals surface area contributed by atoms with Crippen molar-refractivity contribution in [2.24, 2.45) is 16.2 Å². The van der Waals surface area contributed by atoms with E-state index in [2.05, 4.69) is 81.0 Å². The van der Waals surface area contributed by atoms with Crippen LogP contribution < -0.4 is 0 Å². The second-order valence-corrected chi connectivity index (χ2v) is 13.0. The van der Waals surface area contributed by atoms with Crippen LogP contribution in [0.25, 0.3) is 22.2 Å². The summed E-state index contributed by atoms with van der Waals surface area (Å²) in [7, 11) is 0. The summed E-state index contributed by atoms with van der Waals surface area (Å²) in [5.41, 5.74) is 6.36. The van der Waals surface area contributed by atoms with Crippen LogP contribution in [0.2, 0.25) is 0 Å². The molecule has 1 N–H and O–H groups in total. The molecule has 0 atom stereocenters. The van der Waals surface area contributed by atoms with Gasteiger partial charge in [-0.1, -0.05) is 88.3 Å². The zero-order valence-corrected chi connectivity index (χ0v) is 29.6. The Bertz CT molecular complexity index is 1310. The average molecular weight is 736 g/mol. The van der Waals surface area contributed by atoms with E-state index in [1.165, 1.54) is 17.2 Å². The minimum atomic E-state index is -0.337. The Balaban J connectivity index is 0.000000421. The largest absolute Gasteiger partial charge is 0.512 e. The van der Waals surface area contributed by atoms with Crippen LogP contribution in [0.15, 0.2) is 48.5 Å². The van der Waals surface area contributed by atoms with E-state index >= 15 is 0 Å². The summed E-state index contributed by atoms with van der Waals surface area (Å²) in [4.78, 5) is 21.2. The van der Waals surface area contributed by atoms with Crippen molar-refractivity contribution in [2.75, 3.05) is 0 Å². The van der Waals surface area contributed by atoms with E-state index in [1.54, 1.807) is 6.33 Å². The van der Waals surface area contributed by atoms with E-state index in [1.807, 2.05) is 41.5 Å². The number of carbonyl (C=O) groups is 1. The third-order valence-electron chi connectivity index (χ3n) is 8.44. The summed E-state index contributed by atoms with van der Waals surface area (Å²) in [5.74, 6) is 0.286. The molecule has 0 aliphatic heterocycles. The number of aryl methyl sites for hydroxylation is 2. The van der Waals surface area contributed by atoms with E-state index in [-0.39, 0.29) is 47.9 Å². The molecular formula is C36H51IrN2O2-. The second kappa shape index (κ2) is 15.2. The molecule has 1 aromatic heterocycles. The zero-order valence-electron chi connectivity index (χ0n) is 27.2. The predicted molar refractivity (Wildman–Crippen MR) is 170 cm³/mol. The third-order valence-corrected chi connectivity index (χ3v) is 8.44. The fraction of sp³-hybridized carbons (Fsp3) is 0.528. The molecule has 2 aromatic carbocycles. The van der Waals surface area contributed by atoms with Crippen molar-refractivity contribution in [3.8, 4) is 11.3 Å². The van der Waals surface area contributed by atoms with Crippen LogP contribution in [-0.2, 0) is 31.3 Å². The van der Waals surface area contributed by atoms with Gasteiger partial charge in [0.25, 0.3) is 0 Å². The molecule has 0 spiro atoms. The number of ketones is 1. The quantitative estimate of drug-likeness (QED) is 0.135. The van der Waals surface area contributed by atoms with Crippen LogP contribution >= 0.6 is 0 Å². The Morgan fingerprint density at radius 3 is 1.98 bits per heavy atom. The normalized spacial score (nSPS) is 12.4. The van der Waals surface area contributed by atoms with E-state index in [9.17, 15) is 9.90 Å². The third kappa shape index (κ3) is 9.86. The Morgan fingerprint density at radius 2 is 1.46 bits per heavy atom. The van der Waals surface area contributed by atoms with Crippen molar-refractivity contribution in [3.05, 3.63) is 71.3 Å². The number of rotatable bonds is 9. The number of allylic oxidation sites excluding steroid dienone is 2. The molecule has 3 rings (SSSR count). The summed E-state index contributed by atoms with van der Waals surface area (Å²) in [6.45, 7) is 23.0. The van der Waals surface area contributed by atoms with Gasteiger partial charge in [0.05, 0.1) is 5.52 Å². The summed E-state index contributed by atoms with van der Waals surface area (Å²) in [6.07, 6.45) is 7.45. The molecule has 0 saturated carbocycles. The number of fused-ring (bicyclic) bond motifs is 1. The molecule has 41 heavy (non-hydrogen) atoms. The number of benzene rings is 2. The maximum absolute atomic E-state index is 12.2. The van der Waals surface area contributed by atoms with Gasteiger partial charge in [0, 0.05) is 37.0 Å². The van der Waals surface area contributed by atoms with E-state index in [4.69, 9.17) is 0 Å². The topological polar surface area (TPSA) is 63.1 Å². The molecule has 227 valence electrons. The van der Waals surface area contributed by atoms with Gasteiger partial charge in [-0.3, -0.25) is 9.78 Å². The van der Waals surface area contributed by atoms with Crippen LogP contribution in [0.1, 0.15) is 105 Å². The Morgan fingerprint density at radius 1 is 0.878 bits per heavy atom. The number of hydrogen-bond donors (Lipinski definition) is 1. The fourth-order valence-corrected chi connectivity index (χ4v) is 4.75. The van der Waals surface area contributed by atoms with Crippen molar-refractivity contribution in [1.82, 2.24) is 9.97 Å². The van der Waals surface area contributed by atoms with Gasteiger partial charge in [-0.05, 0) is 60.2 Å². The van der Waals surface area contributed by atoms with Crippen LogP contribution in [0, 0.1) is 36.2 Å². The molecule has 0 saturated heterocycles. The first-order valence-electron chi connectivity index (χ1n) is 14.8. The molecule has 3 aromatic rings. The zero-order chi connectivity index (χ0) is 30.3. The number of aromatic nitrogens is 2. The molecule has 0 aliphatic rings. The molecule has 5 heteroatoms. The monoisotopic (exact) mass is 736 g/mol. The average Bonchev–Trinajstić information content (AvgIpc) is 2.90. The molecule has 0 aliphatic carbocycles. The molecule has 0 amide bonds. The summed E-state index contributed by atoms with van der Waals surface area (Å²) in [5, 5.41) is 11.2. The summed E-state index contributed by atoms with van der Waals surface area (Å²) in [6, 6.07) is 14.2. The van der Waals surface area contributed by atoms with Gasteiger partial charge in [-0.2, -0.15) is 0 Å². The SMILES string of the molecule is CCC(C)(CC)C(=O)/C=C(\O)C(C)(CC)CC.Cc1[c-]c(-c2ncnc3cc(CC(C)(C)C)ccc23)cc(C)c1.[Ir]. The van der Waals surface area contributed by atoms with Gasteiger partial charge in [0.2, 0.25) is 0 Å². The van der Waals surface area contributed by atoms with Gasteiger partial charge in [-0.25, -0.2) is 4.98 Å². The minimum Gasteiger partial charge on any atom is -0.512 e. The van der Waals surface area contributed by atoms with Crippen LogP contribution in [0.3, 0.4) is 0 Å². The summed E-state index contributed by atoms with van der Waals surface area (Å²) >= 11 is 0. The van der Waals surface area contributed by atoms with Crippen molar-refractivity contribution < 1.29 is 30.0 Å². The van der Waals surface area contributed by atoms with E-state index in [0.29, 0.717) is 0 Å². The number of hydrogen-bond acceptors (Lipinski definition) is 4. The number of aliphatic hydroxyl groups excluding tert-OH is 1. The Hall–Kier alpha value is -2.36. The molecule has 4 nitrogen and oxygen atoms in total. The number of nitrogens with zero attached hydrogens (tertiary/aromatic N) is 2. The van der Waals surface area contributed by atoms with Crippen molar-refractivity contribution in [1.29, 1.82) is 0 Å². The first-order valence-corrected chi connectivity index (χ1v) is 14.8. The van der Waals surface area contributed by atoms with Crippen LogP contribution in [-0.4, -0.2) is 20.9 Å². The molecule has 0 bridgehead atoms. The van der Waals surface area contributed by atoms with Crippen LogP contribution in [0.5, 0.6) is 0 Å². The molecule has 0 unspecified atom stereocenters. The Kier molecular flexibility index (Phi) is 13.6. The fourth-order valence-electron chi connectivity index (χ4n) is 4.75. The van der Waals surface area contributed by atoms with Crippen LogP contribution in [0.4, 0.5) is 0 Å². The second-order valence-electron chi connectivity index (χ2n) is 13.0. The van der Waals surface area contributed by atoms with Gasteiger partial charge in [-0.15, -0.1) is 34.9 Å². The van der Waals surface area contributed by atoms with Gasteiger partial charge in [0.1, 0.15) is 12.1 Å². The summed E-state index contributed by atoms with van der Waals surface area (Å²) < 4.78 is 0. The van der Waals surface area contributed by atoms with Gasteiger partial charge >= 0.3 is 0 Å². The van der Waals surface area contributed by atoms with Crippen molar-refractivity contribution >= 4 is 16.7 Å². The maximum atomic E-state index is 12.2. The van der Waals surface area contributed by atoms with Gasteiger partial charge in [0.15, 0.2) is 5.78 Å². The molecule has 1 radical (unpaired) electrons. The predicted octanol–water partition coefficient (Wildman–Crippen LogP) is 9.95. The maximum Gasteiger partial charge on any atom is 0.164 e. The number of carbonyl (C=O) groups excluding carboxylic acids is 1. The standard InChI is InChI=1S/C21H23N2.C15H28O2.Ir/c1-14-8-15(2)10-17(9-14)20-18-7-6-16(12-21(3,4)5)11-19(18)22-13-23-20;1-7-14(5,8-2)12(16)11-13(17)15(6,9-3)10-4;/h6-9,11,13H,12H2,1-5H3;11,16H,7-10H2,1-6H3;/q-1;;/b;12-11-;. The van der Waals surface area contributed by atoms with Crippen molar-refractivity contribution in [3.63, 3.8) is 0 Å². The molecule has 1 heterocycles. The van der Waals surface area contributed by atoms with Gasteiger partial charge < -0.3 is 5.11 Å². The minimum absolute atomic E-state index is 0. The van der Waals surface area contributed by atoms with E-state index in [0.717, 1.165) is 59.8 Å². The van der Waals surface area contributed by atoms with Crippen molar-refractivity contribution in [2.45, 2.75) is 108 Å².